The molecule has 0 radical (unpaired) electrons. The van der Waals surface area contributed by atoms with Crippen molar-refractivity contribution in [1.82, 2.24) is 4.90 Å². The van der Waals surface area contributed by atoms with Gasteiger partial charge >= 0.3 is 0 Å². The van der Waals surface area contributed by atoms with Crippen LogP contribution in [0.3, 0.4) is 0 Å². The average Bonchev–Trinajstić information content (AvgIpc) is 2.24. The van der Waals surface area contributed by atoms with Crippen LogP contribution in [0.5, 0.6) is 0 Å². The van der Waals surface area contributed by atoms with Crippen LogP contribution in [-0.4, -0.2) is 18.0 Å². The van der Waals surface area contributed by atoms with Gasteiger partial charge in [0.1, 0.15) is 0 Å². The zero-order chi connectivity index (χ0) is 11.2. The summed E-state index contributed by atoms with van der Waals surface area (Å²) in [5, 5.41) is 0. The van der Waals surface area contributed by atoms with Gasteiger partial charge in [0.2, 0.25) is 0 Å². The summed E-state index contributed by atoms with van der Waals surface area (Å²) in [6.45, 7) is 3.63. The first-order valence-electron chi connectivity index (χ1n) is 6.32. The molecule has 1 heterocycles. The summed E-state index contributed by atoms with van der Waals surface area (Å²) in [5.74, 6) is 0. The number of rotatable bonds is 2. The Bertz CT molecular complexity index is 316. The minimum absolute atomic E-state index is 1.10. The Labute approximate surface area is 107 Å². The smallest absolute Gasteiger partial charge is 0.0244 e. The van der Waals surface area contributed by atoms with Gasteiger partial charge in [-0.05, 0) is 37.6 Å². The van der Waals surface area contributed by atoms with E-state index in [4.69, 9.17) is 0 Å². The van der Waals surface area contributed by atoms with Crippen LogP contribution in [0.1, 0.15) is 37.7 Å². The van der Waals surface area contributed by atoms with Crippen molar-refractivity contribution >= 4 is 15.9 Å². The lowest BCUT2D eigenvalue weighted by molar-refractivity contribution is 0.239. The quantitative estimate of drug-likeness (QED) is 0.785. The highest BCUT2D eigenvalue weighted by molar-refractivity contribution is 9.10. The zero-order valence-electron chi connectivity index (χ0n) is 9.79. The molecule has 0 amide bonds. The summed E-state index contributed by atoms with van der Waals surface area (Å²) in [4.78, 5) is 2.60. The van der Waals surface area contributed by atoms with E-state index < -0.39 is 0 Å². The Morgan fingerprint density at radius 1 is 0.938 bits per heavy atom. The maximum atomic E-state index is 3.63. The molecule has 0 aliphatic carbocycles. The van der Waals surface area contributed by atoms with Crippen LogP contribution in [-0.2, 0) is 6.54 Å². The molecule has 1 fully saturated rings. The molecule has 0 aromatic heterocycles. The fourth-order valence-corrected chi connectivity index (χ4v) is 2.75. The van der Waals surface area contributed by atoms with Gasteiger partial charge in [0.15, 0.2) is 0 Å². The highest BCUT2D eigenvalue weighted by Crippen LogP contribution is 2.19. The van der Waals surface area contributed by atoms with E-state index in [9.17, 15) is 0 Å². The van der Waals surface area contributed by atoms with Crippen molar-refractivity contribution in [2.75, 3.05) is 13.1 Å². The minimum Gasteiger partial charge on any atom is -0.299 e. The van der Waals surface area contributed by atoms with E-state index in [0.29, 0.717) is 0 Å². The fourth-order valence-electron chi connectivity index (χ4n) is 2.34. The minimum atomic E-state index is 1.10. The van der Waals surface area contributed by atoms with Gasteiger partial charge in [-0.1, -0.05) is 53.4 Å². The summed E-state index contributed by atoms with van der Waals surface area (Å²) in [6.07, 6.45) is 6.98. The molecule has 1 aliphatic heterocycles. The summed E-state index contributed by atoms with van der Waals surface area (Å²) in [5.41, 5.74) is 1.42. The van der Waals surface area contributed by atoms with Crippen molar-refractivity contribution < 1.29 is 0 Å². The van der Waals surface area contributed by atoms with Crippen LogP contribution in [0.25, 0.3) is 0 Å². The van der Waals surface area contributed by atoms with Crippen molar-refractivity contribution in [3.8, 4) is 0 Å². The van der Waals surface area contributed by atoms with E-state index in [2.05, 4.69) is 45.1 Å². The molecule has 1 aromatic rings. The van der Waals surface area contributed by atoms with Crippen molar-refractivity contribution in [3.63, 3.8) is 0 Å². The first kappa shape index (κ1) is 12.1. The molecular formula is C14H20BrN. The third-order valence-electron chi connectivity index (χ3n) is 3.30. The van der Waals surface area contributed by atoms with Crippen LogP contribution >= 0.6 is 15.9 Å². The predicted octanol–water partition coefficient (Wildman–Crippen LogP) is 4.22. The number of hydrogen-bond donors (Lipinski definition) is 0. The largest absolute Gasteiger partial charge is 0.299 e. The van der Waals surface area contributed by atoms with Crippen molar-refractivity contribution in [1.29, 1.82) is 0 Å². The number of hydrogen-bond acceptors (Lipinski definition) is 1. The van der Waals surface area contributed by atoms with Gasteiger partial charge in [-0.2, -0.15) is 0 Å². The topological polar surface area (TPSA) is 3.24 Å². The SMILES string of the molecule is Brc1ccccc1CN1CCCCCCC1. The van der Waals surface area contributed by atoms with E-state index in [0.717, 1.165) is 6.54 Å². The van der Waals surface area contributed by atoms with E-state index in [1.165, 1.54) is 55.2 Å². The number of likely N-dealkylation sites (tertiary alicyclic amines) is 1. The molecule has 1 aliphatic rings. The lowest BCUT2D eigenvalue weighted by Crippen LogP contribution is -2.26. The number of benzene rings is 1. The molecule has 1 aromatic carbocycles. The Morgan fingerprint density at radius 3 is 2.25 bits per heavy atom. The van der Waals surface area contributed by atoms with Gasteiger partial charge in [0, 0.05) is 11.0 Å². The standard InChI is InChI=1S/C14H20BrN/c15-14-9-5-4-8-13(14)12-16-10-6-2-1-3-7-11-16/h4-5,8-9H,1-3,6-7,10-12H2. The highest BCUT2D eigenvalue weighted by atomic mass is 79.9. The normalized spacial score (nSPS) is 19.1. The highest BCUT2D eigenvalue weighted by Gasteiger charge is 2.09. The van der Waals surface area contributed by atoms with E-state index in [-0.39, 0.29) is 0 Å². The van der Waals surface area contributed by atoms with Gasteiger partial charge in [-0.25, -0.2) is 0 Å². The van der Waals surface area contributed by atoms with E-state index in [1.807, 2.05) is 0 Å². The molecule has 0 bridgehead atoms. The Morgan fingerprint density at radius 2 is 1.56 bits per heavy atom. The molecule has 0 saturated carbocycles. The van der Waals surface area contributed by atoms with Gasteiger partial charge in [-0.3, -0.25) is 4.90 Å². The molecule has 88 valence electrons. The number of halogens is 1. The van der Waals surface area contributed by atoms with Crippen molar-refractivity contribution in [2.45, 2.75) is 38.6 Å². The Hall–Kier alpha value is -0.340. The van der Waals surface area contributed by atoms with Crippen LogP contribution in [0, 0.1) is 0 Å². The molecule has 16 heavy (non-hydrogen) atoms. The molecule has 2 rings (SSSR count). The Balaban J connectivity index is 1.94. The third kappa shape index (κ3) is 3.60. The van der Waals surface area contributed by atoms with E-state index in [1.54, 1.807) is 0 Å². The molecule has 0 unspecified atom stereocenters. The maximum Gasteiger partial charge on any atom is 0.0244 e. The fraction of sp³-hybridized carbons (Fsp3) is 0.571. The molecule has 1 saturated heterocycles. The predicted molar refractivity (Wildman–Crippen MR) is 72.5 cm³/mol. The molecule has 0 atom stereocenters. The lowest BCUT2D eigenvalue weighted by atomic mass is 10.1. The summed E-state index contributed by atoms with van der Waals surface area (Å²) in [6, 6.07) is 8.58. The number of nitrogens with zero attached hydrogens (tertiary/aromatic N) is 1. The van der Waals surface area contributed by atoms with Gasteiger partial charge in [0.25, 0.3) is 0 Å². The van der Waals surface area contributed by atoms with Gasteiger partial charge < -0.3 is 0 Å². The second kappa shape index (κ2) is 6.41. The van der Waals surface area contributed by atoms with Gasteiger partial charge in [-0.15, -0.1) is 0 Å². The Kier molecular flexibility index (Phi) is 4.86. The van der Waals surface area contributed by atoms with Crippen molar-refractivity contribution in [3.05, 3.63) is 34.3 Å². The summed E-state index contributed by atoms with van der Waals surface area (Å²) < 4.78 is 1.25. The lowest BCUT2D eigenvalue weighted by Gasteiger charge is -2.24. The average molecular weight is 282 g/mol. The zero-order valence-corrected chi connectivity index (χ0v) is 11.4. The molecular weight excluding hydrogens is 262 g/mol. The first-order chi connectivity index (χ1) is 7.86. The second-order valence-electron chi connectivity index (χ2n) is 4.64. The van der Waals surface area contributed by atoms with Crippen LogP contribution in [0.4, 0.5) is 0 Å². The van der Waals surface area contributed by atoms with Crippen molar-refractivity contribution in [2.24, 2.45) is 0 Å². The first-order valence-corrected chi connectivity index (χ1v) is 7.11. The maximum absolute atomic E-state index is 3.63. The summed E-state index contributed by atoms with van der Waals surface area (Å²) in [7, 11) is 0. The molecule has 0 spiro atoms. The molecule has 0 N–H and O–H groups in total. The van der Waals surface area contributed by atoms with Gasteiger partial charge in [0.05, 0.1) is 0 Å². The monoisotopic (exact) mass is 281 g/mol. The molecule has 2 heteroatoms. The van der Waals surface area contributed by atoms with E-state index >= 15 is 0 Å². The van der Waals surface area contributed by atoms with Crippen LogP contribution in [0.15, 0.2) is 28.7 Å². The summed E-state index contributed by atoms with van der Waals surface area (Å²) >= 11 is 3.63. The second-order valence-corrected chi connectivity index (χ2v) is 5.49. The van der Waals surface area contributed by atoms with Crippen LogP contribution < -0.4 is 0 Å². The van der Waals surface area contributed by atoms with Crippen LogP contribution in [0.2, 0.25) is 0 Å². The molecule has 1 nitrogen and oxygen atoms in total. The third-order valence-corrected chi connectivity index (χ3v) is 4.07.